The number of nitrogens with zero attached hydrogens (tertiary/aromatic N) is 1. The predicted octanol–water partition coefficient (Wildman–Crippen LogP) is 3.16. The van der Waals surface area contributed by atoms with Crippen LogP contribution in [0.15, 0.2) is 24.3 Å². The zero-order valence-electron chi connectivity index (χ0n) is 9.03. The van der Waals surface area contributed by atoms with Gasteiger partial charge < -0.3 is 5.32 Å². The van der Waals surface area contributed by atoms with Crippen molar-refractivity contribution in [3.8, 4) is 6.07 Å². The molecular formula is C13H16N2. The van der Waals surface area contributed by atoms with Gasteiger partial charge in [-0.1, -0.05) is 13.0 Å². The highest BCUT2D eigenvalue weighted by atomic mass is 14.9. The monoisotopic (exact) mass is 200 g/mol. The molecule has 0 radical (unpaired) electrons. The second kappa shape index (κ2) is 4.35. The summed E-state index contributed by atoms with van der Waals surface area (Å²) in [5.74, 6) is 0.835. The predicted molar refractivity (Wildman–Crippen MR) is 61.6 cm³/mol. The summed E-state index contributed by atoms with van der Waals surface area (Å²) < 4.78 is 0. The van der Waals surface area contributed by atoms with Crippen molar-refractivity contribution in [3.63, 3.8) is 0 Å². The Kier molecular flexibility index (Phi) is 2.91. The highest BCUT2D eigenvalue weighted by Crippen LogP contribution is 2.27. The Morgan fingerprint density at radius 2 is 2.27 bits per heavy atom. The summed E-state index contributed by atoms with van der Waals surface area (Å²) in [6.45, 7) is 2.30. The topological polar surface area (TPSA) is 35.8 Å². The first kappa shape index (κ1) is 10.0. The molecule has 2 heteroatoms. The zero-order valence-corrected chi connectivity index (χ0v) is 9.03. The van der Waals surface area contributed by atoms with E-state index in [1.807, 2.05) is 24.3 Å². The van der Waals surface area contributed by atoms with Crippen LogP contribution >= 0.6 is 0 Å². The number of hydrogen-bond acceptors (Lipinski definition) is 2. The van der Waals surface area contributed by atoms with Gasteiger partial charge in [0.25, 0.3) is 0 Å². The Hall–Kier alpha value is -1.49. The van der Waals surface area contributed by atoms with Gasteiger partial charge in [-0.15, -0.1) is 0 Å². The standard InChI is InChI=1S/C13H16N2/c1-10-5-6-13(7-10)15-12-4-2-3-11(8-12)9-14/h2-4,8,10,13,15H,5-7H2,1H3/t10-,13-/m0/s1. The average Bonchev–Trinajstić information content (AvgIpc) is 2.64. The molecule has 1 aliphatic carbocycles. The molecular weight excluding hydrogens is 184 g/mol. The summed E-state index contributed by atoms with van der Waals surface area (Å²) in [6, 6.07) is 10.5. The van der Waals surface area contributed by atoms with Gasteiger partial charge in [-0.25, -0.2) is 0 Å². The fourth-order valence-electron chi connectivity index (χ4n) is 2.25. The number of nitrogens with one attached hydrogen (secondary N) is 1. The molecule has 15 heavy (non-hydrogen) atoms. The fraction of sp³-hybridized carbons (Fsp3) is 0.462. The molecule has 0 amide bonds. The maximum atomic E-state index is 8.79. The van der Waals surface area contributed by atoms with Gasteiger partial charge in [0, 0.05) is 11.7 Å². The molecule has 0 bridgehead atoms. The van der Waals surface area contributed by atoms with E-state index in [0.29, 0.717) is 6.04 Å². The van der Waals surface area contributed by atoms with Gasteiger partial charge in [0.05, 0.1) is 11.6 Å². The minimum atomic E-state index is 0.592. The Bertz CT molecular complexity index is 378. The lowest BCUT2D eigenvalue weighted by Gasteiger charge is -2.13. The van der Waals surface area contributed by atoms with Gasteiger partial charge >= 0.3 is 0 Å². The second-order valence-corrected chi connectivity index (χ2v) is 4.45. The average molecular weight is 200 g/mol. The molecule has 2 atom stereocenters. The molecule has 1 aromatic carbocycles. The van der Waals surface area contributed by atoms with Crippen LogP contribution in [0.25, 0.3) is 0 Å². The minimum Gasteiger partial charge on any atom is -0.382 e. The Balaban J connectivity index is 2.02. The maximum absolute atomic E-state index is 8.79. The summed E-state index contributed by atoms with van der Waals surface area (Å²) in [6.07, 6.45) is 3.81. The van der Waals surface area contributed by atoms with Crippen LogP contribution in [0.5, 0.6) is 0 Å². The number of nitriles is 1. The molecule has 0 spiro atoms. The molecule has 2 nitrogen and oxygen atoms in total. The van der Waals surface area contributed by atoms with Crippen molar-refractivity contribution in [1.82, 2.24) is 0 Å². The first-order chi connectivity index (χ1) is 7.28. The first-order valence-corrected chi connectivity index (χ1v) is 5.54. The van der Waals surface area contributed by atoms with Crippen LogP contribution in [0.2, 0.25) is 0 Å². The van der Waals surface area contributed by atoms with E-state index in [1.165, 1.54) is 19.3 Å². The van der Waals surface area contributed by atoms with Crippen molar-refractivity contribution in [2.45, 2.75) is 32.2 Å². The van der Waals surface area contributed by atoms with Crippen molar-refractivity contribution >= 4 is 5.69 Å². The smallest absolute Gasteiger partial charge is 0.0992 e. The first-order valence-electron chi connectivity index (χ1n) is 5.54. The third-order valence-corrected chi connectivity index (χ3v) is 3.06. The Morgan fingerprint density at radius 3 is 2.93 bits per heavy atom. The van der Waals surface area contributed by atoms with E-state index in [-0.39, 0.29) is 0 Å². The van der Waals surface area contributed by atoms with E-state index >= 15 is 0 Å². The maximum Gasteiger partial charge on any atom is 0.0992 e. The summed E-state index contributed by atoms with van der Waals surface area (Å²) in [7, 11) is 0. The van der Waals surface area contributed by atoms with Crippen molar-refractivity contribution in [2.24, 2.45) is 5.92 Å². The van der Waals surface area contributed by atoms with Gasteiger partial charge in [0.15, 0.2) is 0 Å². The quantitative estimate of drug-likeness (QED) is 0.796. The van der Waals surface area contributed by atoms with E-state index in [1.54, 1.807) is 0 Å². The molecule has 1 N–H and O–H groups in total. The summed E-state index contributed by atoms with van der Waals surface area (Å²) in [5.41, 5.74) is 1.80. The molecule has 1 saturated carbocycles. The summed E-state index contributed by atoms with van der Waals surface area (Å²) in [4.78, 5) is 0. The van der Waals surface area contributed by atoms with Gasteiger partial charge in [-0.2, -0.15) is 5.26 Å². The van der Waals surface area contributed by atoms with Gasteiger partial charge in [0.1, 0.15) is 0 Å². The number of anilines is 1. The fourth-order valence-corrected chi connectivity index (χ4v) is 2.25. The SMILES string of the molecule is C[C@H]1CC[C@H](Nc2cccc(C#N)c2)C1. The van der Waals surface area contributed by atoms with E-state index in [0.717, 1.165) is 17.2 Å². The third kappa shape index (κ3) is 2.50. The lowest BCUT2D eigenvalue weighted by molar-refractivity contribution is 0.602. The summed E-state index contributed by atoms with van der Waals surface area (Å²) in [5, 5.41) is 12.3. The molecule has 0 heterocycles. The van der Waals surface area contributed by atoms with Gasteiger partial charge in [-0.05, 0) is 43.4 Å². The summed E-state index contributed by atoms with van der Waals surface area (Å²) >= 11 is 0. The van der Waals surface area contributed by atoms with Crippen LogP contribution in [-0.4, -0.2) is 6.04 Å². The van der Waals surface area contributed by atoms with Crippen molar-refractivity contribution in [3.05, 3.63) is 29.8 Å². The van der Waals surface area contributed by atoms with Crippen molar-refractivity contribution in [2.75, 3.05) is 5.32 Å². The van der Waals surface area contributed by atoms with Crippen molar-refractivity contribution in [1.29, 1.82) is 5.26 Å². The number of benzene rings is 1. The Morgan fingerprint density at radius 1 is 1.40 bits per heavy atom. The highest BCUT2D eigenvalue weighted by Gasteiger charge is 2.20. The minimum absolute atomic E-state index is 0.592. The molecule has 1 aliphatic rings. The highest BCUT2D eigenvalue weighted by molar-refractivity contribution is 5.49. The lowest BCUT2D eigenvalue weighted by atomic mass is 10.1. The zero-order chi connectivity index (χ0) is 10.7. The molecule has 0 aromatic heterocycles. The van der Waals surface area contributed by atoms with E-state index in [2.05, 4.69) is 18.3 Å². The van der Waals surface area contributed by atoms with E-state index in [9.17, 15) is 0 Å². The molecule has 78 valence electrons. The normalized spacial score (nSPS) is 24.8. The molecule has 2 rings (SSSR count). The van der Waals surface area contributed by atoms with Gasteiger partial charge in [0.2, 0.25) is 0 Å². The molecule has 1 aromatic rings. The Labute approximate surface area is 90.9 Å². The molecule has 0 aliphatic heterocycles. The van der Waals surface area contributed by atoms with Crippen LogP contribution in [0.4, 0.5) is 5.69 Å². The number of rotatable bonds is 2. The van der Waals surface area contributed by atoms with Gasteiger partial charge in [-0.3, -0.25) is 0 Å². The molecule has 1 fully saturated rings. The molecule has 0 saturated heterocycles. The van der Waals surface area contributed by atoms with Crippen LogP contribution in [0, 0.1) is 17.2 Å². The van der Waals surface area contributed by atoms with Crippen LogP contribution in [0.3, 0.4) is 0 Å². The lowest BCUT2D eigenvalue weighted by Crippen LogP contribution is -2.15. The molecule has 0 unspecified atom stereocenters. The van der Waals surface area contributed by atoms with E-state index < -0.39 is 0 Å². The van der Waals surface area contributed by atoms with Crippen LogP contribution < -0.4 is 5.32 Å². The largest absolute Gasteiger partial charge is 0.382 e. The third-order valence-electron chi connectivity index (χ3n) is 3.06. The van der Waals surface area contributed by atoms with Crippen LogP contribution in [-0.2, 0) is 0 Å². The second-order valence-electron chi connectivity index (χ2n) is 4.45. The number of hydrogen-bond donors (Lipinski definition) is 1. The van der Waals surface area contributed by atoms with Crippen LogP contribution in [0.1, 0.15) is 31.7 Å². The van der Waals surface area contributed by atoms with E-state index in [4.69, 9.17) is 5.26 Å². The van der Waals surface area contributed by atoms with Crippen molar-refractivity contribution < 1.29 is 0 Å².